The number of aromatic nitrogens is 1. The normalized spacial score (nSPS) is 10.8. The molecule has 0 spiro atoms. The largest absolute Gasteiger partial charge is 0.325 e. The van der Waals surface area contributed by atoms with Gasteiger partial charge in [0.05, 0.1) is 5.69 Å². The monoisotopic (exact) mass is 210 g/mol. The molecule has 0 aliphatic rings. The van der Waals surface area contributed by atoms with Gasteiger partial charge >= 0.3 is 0 Å². The Morgan fingerprint density at radius 1 is 1.36 bits per heavy atom. The molecule has 2 aromatic rings. The van der Waals surface area contributed by atoms with Gasteiger partial charge in [0.2, 0.25) is 0 Å². The highest BCUT2D eigenvalue weighted by Crippen LogP contribution is 2.23. The molecule has 1 heterocycles. The molecule has 4 heteroatoms. The van der Waals surface area contributed by atoms with Crippen molar-refractivity contribution in [3.05, 3.63) is 40.9 Å². The smallest absolute Gasteiger partial charge is 0.137 e. The molecule has 0 aliphatic heterocycles. The molecule has 0 atom stereocenters. The van der Waals surface area contributed by atoms with Crippen LogP contribution in [0.4, 0.5) is 4.39 Å². The number of pyridine rings is 1. The summed E-state index contributed by atoms with van der Waals surface area (Å²) in [5.74, 6) is -0.289. The Balaban J connectivity index is 2.77. The Labute approximate surface area is 85.5 Å². The van der Waals surface area contributed by atoms with Crippen LogP contribution in [0.3, 0.4) is 0 Å². The summed E-state index contributed by atoms with van der Waals surface area (Å²) in [4.78, 5) is 4.07. The maximum absolute atomic E-state index is 12.9. The van der Waals surface area contributed by atoms with E-state index in [-0.39, 0.29) is 5.82 Å². The average Bonchev–Trinajstić information content (AvgIpc) is 2.16. The van der Waals surface area contributed by atoms with E-state index in [1.807, 2.05) is 0 Å². The van der Waals surface area contributed by atoms with Crippen LogP contribution in [0.15, 0.2) is 24.3 Å². The number of halogens is 2. The minimum absolute atomic E-state index is 0.289. The Morgan fingerprint density at radius 2 is 2.14 bits per heavy atom. The fourth-order valence-corrected chi connectivity index (χ4v) is 1.62. The van der Waals surface area contributed by atoms with Crippen molar-refractivity contribution in [3.8, 4) is 0 Å². The highest BCUT2D eigenvalue weighted by molar-refractivity contribution is 6.34. The molecule has 0 saturated heterocycles. The van der Waals surface area contributed by atoms with E-state index in [2.05, 4.69) is 4.98 Å². The van der Waals surface area contributed by atoms with Crippen molar-refractivity contribution in [1.29, 1.82) is 0 Å². The van der Waals surface area contributed by atoms with Gasteiger partial charge in [-0.25, -0.2) is 9.37 Å². The Kier molecular flexibility index (Phi) is 2.35. The van der Waals surface area contributed by atoms with Crippen molar-refractivity contribution < 1.29 is 4.39 Å². The second-order valence-electron chi connectivity index (χ2n) is 2.97. The zero-order valence-electron chi connectivity index (χ0n) is 7.30. The Morgan fingerprint density at radius 3 is 2.86 bits per heavy atom. The molecule has 0 aliphatic carbocycles. The van der Waals surface area contributed by atoms with Gasteiger partial charge in [-0.05, 0) is 29.7 Å². The fourth-order valence-electron chi connectivity index (χ4n) is 1.34. The van der Waals surface area contributed by atoms with Crippen LogP contribution >= 0.6 is 11.6 Å². The minimum Gasteiger partial charge on any atom is -0.325 e. The first kappa shape index (κ1) is 9.37. The summed E-state index contributed by atoms with van der Waals surface area (Å²) in [6.45, 7) is 0.298. The third-order valence-corrected chi connectivity index (χ3v) is 2.30. The maximum atomic E-state index is 12.9. The summed E-state index contributed by atoms with van der Waals surface area (Å²) in [6.07, 6.45) is 0. The predicted octanol–water partition coefficient (Wildman–Crippen LogP) is 2.49. The molecule has 0 fully saturated rings. The second-order valence-corrected chi connectivity index (χ2v) is 3.33. The van der Waals surface area contributed by atoms with E-state index in [1.54, 1.807) is 12.1 Å². The number of benzene rings is 1. The van der Waals surface area contributed by atoms with Gasteiger partial charge in [-0.3, -0.25) is 0 Å². The molecule has 1 aromatic carbocycles. The van der Waals surface area contributed by atoms with Crippen molar-refractivity contribution in [1.82, 2.24) is 4.98 Å². The van der Waals surface area contributed by atoms with Crippen LogP contribution in [-0.2, 0) is 6.54 Å². The van der Waals surface area contributed by atoms with Crippen molar-refractivity contribution in [2.75, 3.05) is 0 Å². The van der Waals surface area contributed by atoms with Gasteiger partial charge in [-0.15, -0.1) is 0 Å². The van der Waals surface area contributed by atoms with Crippen LogP contribution in [0.2, 0.25) is 5.15 Å². The molecule has 0 amide bonds. The van der Waals surface area contributed by atoms with Gasteiger partial charge in [0.15, 0.2) is 0 Å². The molecule has 2 N–H and O–H groups in total. The molecular weight excluding hydrogens is 203 g/mol. The first-order chi connectivity index (χ1) is 6.70. The van der Waals surface area contributed by atoms with Gasteiger partial charge in [0.1, 0.15) is 11.0 Å². The first-order valence-corrected chi connectivity index (χ1v) is 4.53. The van der Waals surface area contributed by atoms with Crippen LogP contribution < -0.4 is 5.73 Å². The lowest BCUT2D eigenvalue weighted by molar-refractivity contribution is 0.629. The third kappa shape index (κ3) is 1.56. The van der Waals surface area contributed by atoms with Crippen LogP contribution in [-0.4, -0.2) is 4.98 Å². The topological polar surface area (TPSA) is 38.9 Å². The molecule has 1 aromatic heterocycles. The molecule has 2 nitrogen and oxygen atoms in total. The molecular formula is C10H8ClFN2. The minimum atomic E-state index is -0.289. The summed E-state index contributed by atoms with van der Waals surface area (Å²) >= 11 is 5.90. The second kappa shape index (κ2) is 3.52. The van der Waals surface area contributed by atoms with Crippen molar-refractivity contribution in [2.45, 2.75) is 6.54 Å². The summed E-state index contributed by atoms with van der Waals surface area (Å²) in [6, 6.07) is 6.13. The maximum Gasteiger partial charge on any atom is 0.137 e. The average molecular weight is 211 g/mol. The van der Waals surface area contributed by atoms with Gasteiger partial charge in [-0.2, -0.15) is 0 Å². The SMILES string of the molecule is NCc1cc2cc(F)ccc2c(Cl)n1. The van der Waals surface area contributed by atoms with Crippen LogP contribution in [0.1, 0.15) is 5.69 Å². The number of hydrogen-bond acceptors (Lipinski definition) is 2. The summed E-state index contributed by atoms with van der Waals surface area (Å²) in [5, 5.41) is 1.83. The third-order valence-electron chi connectivity index (χ3n) is 2.01. The van der Waals surface area contributed by atoms with Crippen molar-refractivity contribution >= 4 is 22.4 Å². The van der Waals surface area contributed by atoms with E-state index in [4.69, 9.17) is 17.3 Å². The Bertz CT molecular complexity index is 485. The molecule has 72 valence electrons. The van der Waals surface area contributed by atoms with E-state index in [1.165, 1.54) is 12.1 Å². The zero-order chi connectivity index (χ0) is 10.1. The van der Waals surface area contributed by atoms with E-state index in [9.17, 15) is 4.39 Å². The van der Waals surface area contributed by atoms with E-state index in [0.717, 1.165) is 10.8 Å². The Hall–Kier alpha value is -1.19. The number of fused-ring (bicyclic) bond motifs is 1. The van der Waals surface area contributed by atoms with Crippen molar-refractivity contribution in [3.63, 3.8) is 0 Å². The quantitative estimate of drug-likeness (QED) is 0.735. The number of rotatable bonds is 1. The van der Waals surface area contributed by atoms with E-state index < -0.39 is 0 Å². The van der Waals surface area contributed by atoms with Gasteiger partial charge in [0, 0.05) is 11.9 Å². The van der Waals surface area contributed by atoms with Gasteiger partial charge in [-0.1, -0.05) is 11.6 Å². The predicted molar refractivity (Wildman–Crippen MR) is 54.6 cm³/mol. The molecule has 0 saturated carbocycles. The van der Waals surface area contributed by atoms with Crippen LogP contribution in [0, 0.1) is 5.82 Å². The van der Waals surface area contributed by atoms with E-state index in [0.29, 0.717) is 17.4 Å². The number of nitrogens with zero attached hydrogens (tertiary/aromatic N) is 1. The molecule has 0 radical (unpaired) electrons. The zero-order valence-corrected chi connectivity index (χ0v) is 8.05. The molecule has 0 bridgehead atoms. The van der Waals surface area contributed by atoms with Gasteiger partial charge < -0.3 is 5.73 Å². The van der Waals surface area contributed by atoms with Crippen LogP contribution in [0.5, 0.6) is 0 Å². The lowest BCUT2D eigenvalue weighted by Crippen LogP contribution is -1.99. The molecule has 2 rings (SSSR count). The summed E-state index contributed by atoms with van der Waals surface area (Å²) < 4.78 is 12.9. The lowest BCUT2D eigenvalue weighted by Gasteiger charge is -2.03. The summed E-state index contributed by atoms with van der Waals surface area (Å²) in [7, 11) is 0. The number of nitrogens with two attached hydrogens (primary N) is 1. The van der Waals surface area contributed by atoms with Crippen molar-refractivity contribution in [2.24, 2.45) is 5.73 Å². The first-order valence-electron chi connectivity index (χ1n) is 4.15. The highest BCUT2D eigenvalue weighted by Gasteiger charge is 2.03. The highest BCUT2D eigenvalue weighted by atomic mass is 35.5. The molecule has 0 unspecified atom stereocenters. The number of hydrogen-bond donors (Lipinski definition) is 1. The fraction of sp³-hybridized carbons (Fsp3) is 0.100. The summed E-state index contributed by atoms with van der Waals surface area (Å²) in [5.41, 5.74) is 6.09. The van der Waals surface area contributed by atoms with Crippen LogP contribution in [0.25, 0.3) is 10.8 Å². The molecule has 14 heavy (non-hydrogen) atoms. The van der Waals surface area contributed by atoms with Gasteiger partial charge in [0.25, 0.3) is 0 Å². The standard InChI is InChI=1S/C10H8ClFN2/c11-10-9-2-1-7(12)3-6(9)4-8(5-13)14-10/h1-4H,5,13H2. The van der Waals surface area contributed by atoms with E-state index >= 15 is 0 Å². The lowest BCUT2D eigenvalue weighted by atomic mass is 10.1.